The van der Waals surface area contributed by atoms with Crippen molar-refractivity contribution >= 4 is 33.6 Å². The van der Waals surface area contributed by atoms with Crippen molar-refractivity contribution in [2.24, 2.45) is 0 Å². The van der Waals surface area contributed by atoms with E-state index in [0.29, 0.717) is 11.0 Å². The maximum atomic E-state index is 12.9. The van der Waals surface area contributed by atoms with Crippen LogP contribution in [0.1, 0.15) is 28.8 Å². The van der Waals surface area contributed by atoms with Crippen LogP contribution < -0.4 is 5.32 Å². The van der Waals surface area contributed by atoms with Gasteiger partial charge in [0, 0.05) is 11.0 Å². The van der Waals surface area contributed by atoms with Gasteiger partial charge in [0.1, 0.15) is 0 Å². The maximum absolute atomic E-state index is 12.9. The zero-order valence-electron chi connectivity index (χ0n) is 10.9. The minimum Gasteiger partial charge on any atom is -0.352 e. The lowest BCUT2D eigenvalue weighted by molar-refractivity contribution is -0.138. The smallest absolute Gasteiger partial charge is 0.352 e. The first-order valence-corrected chi connectivity index (χ1v) is 8.19. The largest absolute Gasteiger partial charge is 0.417 e. The fourth-order valence-electron chi connectivity index (χ4n) is 1.62. The molecule has 1 amide bonds. The molecule has 0 fully saturated rings. The van der Waals surface area contributed by atoms with E-state index in [1.807, 2.05) is 6.26 Å². The molecule has 7 heteroatoms. The molecule has 2 nitrogen and oxygen atoms in total. The van der Waals surface area contributed by atoms with Gasteiger partial charge in [0.25, 0.3) is 5.91 Å². The number of thioether (sulfide) groups is 1. The van der Waals surface area contributed by atoms with Gasteiger partial charge in [-0.1, -0.05) is 15.9 Å². The Labute approximate surface area is 128 Å². The van der Waals surface area contributed by atoms with Gasteiger partial charge in [-0.05, 0) is 43.0 Å². The minimum absolute atomic E-state index is 0.293. The van der Waals surface area contributed by atoms with Crippen molar-refractivity contribution in [3.63, 3.8) is 0 Å². The Morgan fingerprint density at radius 3 is 2.65 bits per heavy atom. The van der Waals surface area contributed by atoms with Crippen molar-refractivity contribution in [2.75, 3.05) is 18.6 Å². The summed E-state index contributed by atoms with van der Waals surface area (Å²) in [6, 6.07) is 3.53. The summed E-state index contributed by atoms with van der Waals surface area (Å²) < 4.78 is 38.9. The van der Waals surface area contributed by atoms with Crippen LogP contribution in [0.25, 0.3) is 0 Å². The highest BCUT2D eigenvalue weighted by atomic mass is 79.9. The zero-order valence-corrected chi connectivity index (χ0v) is 13.3. The molecule has 20 heavy (non-hydrogen) atoms. The first-order valence-electron chi connectivity index (χ1n) is 6.00. The number of benzene rings is 1. The van der Waals surface area contributed by atoms with E-state index in [1.54, 1.807) is 11.8 Å². The zero-order chi connectivity index (χ0) is 15.2. The number of nitrogens with one attached hydrogen (secondary N) is 1. The molecule has 0 unspecified atom stereocenters. The van der Waals surface area contributed by atoms with Crippen LogP contribution in [0, 0.1) is 0 Å². The summed E-state index contributed by atoms with van der Waals surface area (Å²) in [6.07, 6.45) is -0.885. The van der Waals surface area contributed by atoms with E-state index >= 15 is 0 Å². The van der Waals surface area contributed by atoms with E-state index in [4.69, 9.17) is 0 Å². The molecule has 0 aliphatic rings. The van der Waals surface area contributed by atoms with Gasteiger partial charge in [-0.3, -0.25) is 4.79 Å². The Balaban J connectivity index is 2.73. The standard InChI is InChI=1S/C13H15BrF3NOS/c1-20-7-3-2-6-18-12(19)10-5-4-9(14)8-11(10)13(15,16)17/h4-5,8H,2-3,6-7H2,1H3,(H,18,19). The number of rotatable bonds is 6. The predicted molar refractivity (Wildman–Crippen MR) is 79.1 cm³/mol. The Morgan fingerprint density at radius 2 is 2.05 bits per heavy atom. The molecule has 0 saturated heterocycles. The molecule has 0 aliphatic carbocycles. The summed E-state index contributed by atoms with van der Waals surface area (Å²) in [6.45, 7) is 0.382. The number of hydrogen-bond donors (Lipinski definition) is 1. The lowest BCUT2D eigenvalue weighted by Crippen LogP contribution is -2.27. The Hall–Kier alpha value is -0.690. The summed E-state index contributed by atoms with van der Waals surface area (Å²) in [5.41, 5.74) is -1.26. The molecule has 112 valence electrons. The van der Waals surface area contributed by atoms with Gasteiger partial charge in [-0.25, -0.2) is 0 Å². The molecule has 0 aromatic heterocycles. The fourth-order valence-corrected chi connectivity index (χ4v) is 2.47. The summed E-state index contributed by atoms with van der Waals surface area (Å²) in [7, 11) is 0. The van der Waals surface area contributed by atoms with Crippen molar-refractivity contribution in [3.05, 3.63) is 33.8 Å². The summed E-state index contributed by atoms with van der Waals surface area (Å²) in [4.78, 5) is 11.8. The lowest BCUT2D eigenvalue weighted by atomic mass is 10.1. The first-order chi connectivity index (χ1) is 9.36. The van der Waals surface area contributed by atoms with E-state index in [2.05, 4.69) is 21.2 Å². The van der Waals surface area contributed by atoms with Crippen LogP contribution >= 0.6 is 27.7 Å². The van der Waals surface area contributed by atoms with Gasteiger partial charge in [0.2, 0.25) is 0 Å². The molecule has 0 bridgehead atoms. The van der Waals surface area contributed by atoms with Gasteiger partial charge < -0.3 is 5.32 Å². The second kappa shape index (κ2) is 7.93. The Bertz CT molecular complexity index is 465. The molecule has 1 aromatic carbocycles. The third-order valence-electron chi connectivity index (χ3n) is 2.59. The third-order valence-corrected chi connectivity index (χ3v) is 3.78. The number of hydrogen-bond acceptors (Lipinski definition) is 2. The second-order valence-corrected chi connectivity index (χ2v) is 6.04. The molecule has 0 aliphatic heterocycles. The molecule has 1 aromatic rings. The molecule has 0 spiro atoms. The number of carbonyl (C=O) groups is 1. The summed E-state index contributed by atoms with van der Waals surface area (Å²) in [5.74, 6) is 0.288. The monoisotopic (exact) mass is 369 g/mol. The van der Waals surface area contributed by atoms with Crippen molar-refractivity contribution in [2.45, 2.75) is 19.0 Å². The average Bonchev–Trinajstić information content (AvgIpc) is 2.37. The number of alkyl halides is 3. The highest BCUT2D eigenvalue weighted by Gasteiger charge is 2.35. The molecule has 1 rings (SSSR count). The summed E-state index contributed by atoms with van der Waals surface area (Å²) >= 11 is 4.68. The molecule has 0 atom stereocenters. The molecule has 0 radical (unpaired) electrons. The normalized spacial score (nSPS) is 11.4. The number of carbonyl (C=O) groups excluding carboxylic acids is 1. The molecule has 0 heterocycles. The topological polar surface area (TPSA) is 29.1 Å². The van der Waals surface area contributed by atoms with Gasteiger partial charge in [-0.2, -0.15) is 24.9 Å². The van der Waals surface area contributed by atoms with Crippen LogP contribution in [0.3, 0.4) is 0 Å². The number of amides is 1. The maximum Gasteiger partial charge on any atom is 0.417 e. The molecule has 1 N–H and O–H groups in total. The van der Waals surface area contributed by atoms with Crippen LogP contribution in [0.5, 0.6) is 0 Å². The fraction of sp³-hybridized carbons (Fsp3) is 0.462. The van der Waals surface area contributed by atoms with Crippen LogP contribution in [-0.2, 0) is 6.18 Å². The quantitative estimate of drug-likeness (QED) is 0.755. The molecular weight excluding hydrogens is 355 g/mol. The van der Waals surface area contributed by atoms with Gasteiger partial charge in [0.15, 0.2) is 0 Å². The van der Waals surface area contributed by atoms with E-state index in [0.717, 1.165) is 24.7 Å². The predicted octanol–water partition coefficient (Wildman–Crippen LogP) is 4.34. The number of unbranched alkanes of at least 4 members (excludes halogenated alkanes) is 1. The van der Waals surface area contributed by atoms with E-state index in [-0.39, 0.29) is 5.56 Å². The van der Waals surface area contributed by atoms with Crippen molar-refractivity contribution in [3.8, 4) is 0 Å². The van der Waals surface area contributed by atoms with Crippen molar-refractivity contribution in [1.29, 1.82) is 0 Å². The molecule has 0 saturated carbocycles. The number of halogens is 4. The minimum atomic E-state index is -4.55. The van der Waals surface area contributed by atoms with E-state index < -0.39 is 17.6 Å². The Morgan fingerprint density at radius 1 is 1.35 bits per heavy atom. The van der Waals surface area contributed by atoms with Crippen LogP contribution in [0.15, 0.2) is 22.7 Å². The highest BCUT2D eigenvalue weighted by Crippen LogP contribution is 2.33. The second-order valence-electron chi connectivity index (χ2n) is 4.14. The highest BCUT2D eigenvalue weighted by molar-refractivity contribution is 9.10. The summed E-state index contributed by atoms with van der Waals surface area (Å²) in [5, 5.41) is 2.53. The van der Waals surface area contributed by atoms with Crippen LogP contribution in [0.4, 0.5) is 13.2 Å². The van der Waals surface area contributed by atoms with Crippen LogP contribution in [-0.4, -0.2) is 24.5 Å². The lowest BCUT2D eigenvalue weighted by Gasteiger charge is -2.13. The van der Waals surface area contributed by atoms with Gasteiger partial charge >= 0.3 is 6.18 Å². The third kappa shape index (κ3) is 5.36. The van der Waals surface area contributed by atoms with E-state index in [9.17, 15) is 18.0 Å². The Kier molecular flexibility index (Phi) is 6.88. The van der Waals surface area contributed by atoms with Crippen molar-refractivity contribution < 1.29 is 18.0 Å². The van der Waals surface area contributed by atoms with Crippen LogP contribution in [0.2, 0.25) is 0 Å². The SMILES string of the molecule is CSCCCCNC(=O)c1ccc(Br)cc1C(F)(F)F. The average molecular weight is 370 g/mol. The first kappa shape index (κ1) is 17.4. The van der Waals surface area contributed by atoms with Gasteiger partial charge in [0.05, 0.1) is 11.1 Å². The molecular formula is C13H15BrF3NOS. The van der Waals surface area contributed by atoms with Crippen molar-refractivity contribution in [1.82, 2.24) is 5.32 Å². The van der Waals surface area contributed by atoms with E-state index in [1.165, 1.54) is 12.1 Å². The van der Waals surface area contributed by atoms with Gasteiger partial charge in [-0.15, -0.1) is 0 Å².